The van der Waals surface area contributed by atoms with Crippen LogP contribution in [0.5, 0.6) is 11.5 Å². The van der Waals surface area contributed by atoms with Gasteiger partial charge in [0, 0.05) is 37.5 Å². The number of amides is 1. The van der Waals surface area contributed by atoms with E-state index in [2.05, 4.69) is 10.3 Å². The fraction of sp³-hybridized carbons (Fsp3) is 0.500. The summed E-state index contributed by atoms with van der Waals surface area (Å²) in [5.41, 5.74) is 1.83. The molecule has 1 aromatic heterocycles. The number of hydrogen-bond acceptors (Lipinski definition) is 6. The number of aromatic nitrogens is 1. The molecule has 1 saturated carbocycles. The van der Waals surface area contributed by atoms with E-state index in [4.69, 9.17) is 14.5 Å². The standard InChI is InChI=1S/C20H25N3O3S/c1-25-17-5-3-4-15(19(17)26-2)20(24)23-10-8-22(9-11-23)12-18-21-16(13-27-18)14-6-7-14/h3-5,13-14H,6-12H2,1-2H3. The number of piperazine rings is 1. The maximum absolute atomic E-state index is 13.0. The first-order valence-electron chi connectivity index (χ1n) is 9.36. The van der Waals surface area contributed by atoms with Crippen molar-refractivity contribution < 1.29 is 14.3 Å². The number of thiazole rings is 1. The van der Waals surface area contributed by atoms with Gasteiger partial charge in [-0.3, -0.25) is 9.69 Å². The molecular formula is C20H25N3O3S. The molecule has 0 N–H and O–H groups in total. The van der Waals surface area contributed by atoms with Gasteiger partial charge in [-0.1, -0.05) is 6.07 Å². The van der Waals surface area contributed by atoms with Crippen molar-refractivity contribution in [3.8, 4) is 11.5 Å². The number of ether oxygens (including phenoxy) is 2. The molecule has 2 aliphatic rings. The monoisotopic (exact) mass is 387 g/mol. The number of rotatable bonds is 6. The summed E-state index contributed by atoms with van der Waals surface area (Å²) in [6.45, 7) is 4.01. The molecule has 7 heteroatoms. The molecule has 0 spiro atoms. The molecular weight excluding hydrogens is 362 g/mol. The van der Waals surface area contributed by atoms with Crippen molar-refractivity contribution in [3.05, 3.63) is 39.8 Å². The van der Waals surface area contributed by atoms with Crippen LogP contribution in [0.4, 0.5) is 0 Å². The first-order valence-corrected chi connectivity index (χ1v) is 10.2. The Bertz CT molecular complexity index is 811. The number of hydrogen-bond donors (Lipinski definition) is 0. The molecule has 2 heterocycles. The molecule has 1 amide bonds. The van der Waals surface area contributed by atoms with Crippen molar-refractivity contribution in [1.29, 1.82) is 0 Å². The highest BCUT2D eigenvalue weighted by molar-refractivity contribution is 7.09. The maximum Gasteiger partial charge on any atom is 0.257 e. The van der Waals surface area contributed by atoms with Crippen LogP contribution in [0, 0.1) is 0 Å². The normalized spacial score (nSPS) is 17.8. The first-order chi connectivity index (χ1) is 13.2. The molecule has 6 nitrogen and oxygen atoms in total. The first kappa shape index (κ1) is 18.3. The van der Waals surface area contributed by atoms with Crippen LogP contribution in [-0.2, 0) is 6.54 Å². The molecule has 2 fully saturated rings. The molecule has 0 bridgehead atoms. The molecule has 0 radical (unpaired) electrons. The van der Waals surface area contributed by atoms with E-state index in [0.29, 0.717) is 36.1 Å². The fourth-order valence-electron chi connectivity index (χ4n) is 3.49. The lowest BCUT2D eigenvalue weighted by Crippen LogP contribution is -2.48. The molecule has 144 valence electrons. The second kappa shape index (κ2) is 7.86. The second-order valence-corrected chi connectivity index (χ2v) is 7.99. The lowest BCUT2D eigenvalue weighted by atomic mass is 10.1. The number of carbonyl (C=O) groups is 1. The highest BCUT2D eigenvalue weighted by atomic mass is 32.1. The van der Waals surface area contributed by atoms with E-state index < -0.39 is 0 Å². The van der Waals surface area contributed by atoms with Gasteiger partial charge in [-0.25, -0.2) is 4.98 Å². The van der Waals surface area contributed by atoms with E-state index in [1.165, 1.54) is 23.5 Å². The average Bonchev–Trinajstić information content (AvgIpc) is 3.46. The van der Waals surface area contributed by atoms with E-state index >= 15 is 0 Å². The smallest absolute Gasteiger partial charge is 0.257 e. The van der Waals surface area contributed by atoms with Gasteiger partial charge in [0.15, 0.2) is 11.5 Å². The summed E-state index contributed by atoms with van der Waals surface area (Å²) < 4.78 is 10.7. The number of methoxy groups -OCH3 is 2. The summed E-state index contributed by atoms with van der Waals surface area (Å²) in [6.07, 6.45) is 2.58. The Morgan fingerprint density at radius 2 is 1.96 bits per heavy atom. The summed E-state index contributed by atoms with van der Waals surface area (Å²) in [5.74, 6) is 1.79. The quantitative estimate of drug-likeness (QED) is 0.763. The van der Waals surface area contributed by atoms with Gasteiger partial charge < -0.3 is 14.4 Å². The average molecular weight is 388 g/mol. The zero-order chi connectivity index (χ0) is 18.8. The second-order valence-electron chi connectivity index (χ2n) is 7.05. The highest BCUT2D eigenvalue weighted by Crippen LogP contribution is 2.40. The summed E-state index contributed by atoms with van der Waals surface area (Å²) in [7, 11) is 3.15. The van der Waals surface area contributed by atoms with Crippen LogP contribution in [0.1, 0.15) is 39.8 Å². The molecule has 0 unspecified atom stereocenters. The van der Waals surface area contributed by atoms with Gasteiger partial charge in [0.2, 0.25) is 0 Å². The minimum Gasteiger partial charge on any atom is -0.493 e. The summed E-state index contributed by atoms with van der Waals surface area (Å²) in [6, 6.07) is 5.42. The van der Waals surface area contributed by atoms with Crippen LogP contribution in [0.15, 0.2) is 23.6 Å². The minimum absolute atomic E-state index is 0.00401. The number of para-hydroxylation sites is 1. The summed E-state index contributed by atoms with van der Waals surface area (Å²) >= 11 is 1.76. The molecule has 1 aliphatic carbocycles. The molecule has 1 aromatic carbocycles. The van der Waals surface area contributed by atoms with Crippen LogP contribution in [-0.4, -0.2) is 61.1 Å². The van der Waals surface area contributed by atoms with E-state index in [1.807, 2.05) is 11.0 Å². The Hall–Kier alpha value is -2.12. The lowest BCUT2D eigenvalue weighted by Gasteiger charge is -2.34. The van der Waals surface area contributed by atoms with Gasteiger partial charge in [-0.2, -0.15) is 0 Å². The van der Waals surface area contributed by atoms with Crippen LogP contribution in [0.25, 0.3) is 0 Å². The van der Waals surface area contributed by atoms with Gasteiger partial charge in [0.05, 0.1) is 32.0 Å². The third-order valence-electron chi connectivity index (χ3n) is 5.22. The van der Waals surface area contributed by atoms with Gasteiger partial charge in [-0.05, 0) is 25.0 Å². The SMILES string of the molecule is COc1cccc(C(=O)N2CCN(Cc3nc(C4CC4)cs3)CC2)c1OC. The number of benzene rings is 1. The lowest BCUT2D eigenvalue weighted by molar-refractivity contribution is 0.0624. The van der Waals surface area contributed by atoms with Crippen molar-refractivity contribution in [3.63, 3.8) is 0 Å². The minimum atomic E-state index is -0.00401. The van der Waals surface area contributed by atoms with E-state index in [-0.39, 0.29) is 5.91 Å². The molecule has 0 atom stereocenters. The van der Waals surface area contributed by atoms with Crippen molar-refractivity contribution >= 4 is 17.2 Å². The van der Waals surface area contributed by atoms with Crippen molar-refractivity contribution in [1.82, 2.24) is 14.8 Å². The topological polar surface area (TPSA) is 54.9 Å². The fourth-order valence-corrected chi connectivity index (χ4v) is 4.41. The van der Waals surface area contributed by atoms with Crippen molar-refractivity contribution in [2.24, 2.45) is 0 Å². The number of nitrogens with zero attached hydrogens (tertiary/aromatic N) is 3. The predicted molar refractivity (Wildman–Crippen MR) is 105 cm³/mol. The maximum atomic E-state index is 13.0. The van der Waals surface area contributed by atoms with Crippen LogP contribution < -0.4 is 9.47 Å². The number of carbonyl (C=O) groups excluding carboxylic acids is 1. The van der Waals surface area contributed by atoms with Crippen LogP contribution in [0.3, 0.4) is 0 Å². The van der Waals surface area contributed by atoms with Crippen molar-refractivity contribution in [2.75, 3.05) is 40.4 Å². The Labute approximate surface area is 163 Å². The zero-order valence-corrected chi connectivity index (χ0v) is 16.6. The molecule has 1 saturated heterocycles. The molecule has 27 heavy (non-hydrogen) atoms. The molecule has 4 rings (SSSR count). The third-order valence-corrected chi connectivity index (χ3v) is 6.07. The Balaban J connectivity index is 1.36. The van der Waals surface area contributed by atoms with Crippen LogP contribution >= 0.6 is 11.3 Å². The highest BCUT2D eigenvalue weighted by Gasteiger charge is 2.28. The van der Waals surface area contributed by atoms with E-state index in [1.54, 1.807) is 37.7 Å². The molecule has 1 aliphatic heterocycles. The largest absolute Gasteiger partial charge is 0.493 e. The van der Waals surface area contributed by atoms with Gasteiger partial charge >= 0.3 is 0 Å². The Kier molecular flexibility index (Phi) is 5.31. The molecule has 2 aromatic rings. The predicted octanol–water partition coefficient (Wildman–Crippen LogP) is 3.00. The summed E-state index contributed by atoms with van der Waals surface area (Å²) in [4.78, 5) is 22.0. The van der Waals surface area contributed by atoms with Crippen LogP contribution in [0.2, 0.25) is 0 Å². The van der Waals surface area contributed by atoms with E-state index in [9.17, 15) is 4.79 Å². The van der Waals surface area contributed by atoms with E-state index in [0.717, 1.165) is 19.6 Å². The zero-order valence-electron chi connectivity index (χ0n) is 15.8. The van der Waals surface area contributed by atoms with Gasteiger partial charge in [-0.15, -0.1) is 11.3 Å². The summed E-state index contributed by atoms with van der Waals surface area (Å²) in [5, 5.41) is 3.40. The Morgan fingerprint density at radius 1 is 1.19 bits per heavy atom. The van der Waals surface area contributed by atoms with Crippen molar-refractivity contribution in [2.45, 2.75) is 25.3 Å². The third kappa shape index (κ3) is 3.94. The van der Waals surface area contributed by atoms with Gasteiger partial charge in [0.1, 0.15) is 5.01 Å². The van der Waals surface area contributed by atoms with Gasteiger partial charge in [0.25, 0.3) is 5.91 Å². The Morgan fingerprint density at radius 3 is 2.63 bits per heavy atom.